The zero-order valence-electron chi connectivity index (χ0n) is 19.7. The van der Waals surface area contributed by atoms with Gasteiger partial charge in [-0.15, -0.1) is 11.8 Å². The number of β-lactam (4-membered cyclic amide) rings is 1. The van der Waals surface area contributed by atoms with Crippen LogP contribution >= 0.6 is 23.3 Å². The second-order valence-electron chi connectivity index (χ2n) is 7.78. The number of hydrogen-bond acceptors (Lipinski definition) is 13. The van der Waals surface area contributed by atoms with Gasteiger partial charge in [-0.25, -0.2) is 4.79 Å². The van der Waals surface area contributed by atoms with Crippen molar-refractivity contribution >= 4 is 62.0 Å². The van der Waals surface area contributed by atoms with E-state index < -0.39 is 39.3 Å². The van der Waals surface area contributed by atoms with E-state index in [0.717, 1.165) is 28.3 Å². The van der Waals surface area contributed by atoms with Crippen LogP contribution < -0.4 is 11.1 Å². The van der Waals surface area contributed by atoms with Gasteiger partial charge in [0, 0.05) is 17.3 Å². The number of nitrogens with one attached hydrogen (secondary N) is 1. The van der Waals surface area contributed by atoms with Crippen molar-refractivity contribution in [1.82, 2.24) is 19.6 Å². The lowest BCUT2D eigenvalue weighted by atomic mass is 10.0. The number of oxime groups is 1. The van der Waals surface area contributed by atoms with Gasteiger partial charge in [0.15, 0.2) is 5.13 Å². The van der Waals surface area contributed by atoms with Crippen LogP contribution in [0.2, 0.25) is 0 Å². The number of carboxylic acids is 1. The minimum absolute atomic E-state index is 0.0679. The summed E-state index contributed by atoms with van der Waals surface area (Å²) < 4.78 is 33.6. The van der Waals surface area contributed by atoms with Crippen molar-refractivity contribution in [2.45, 2.75) is 23.2 Å². The van der Waals surface area contributed by atoms with E-state index in [1.807, 2.05) is 0 Å². The molecule has 2 aromatic rings. The first-order valence-electron chi connectivity index (χ1n) is 10.6. The smallest absolute Gasteiger partial charge is 0.352 e. The molecule has 4 N–H and O–H groups in total. The Morgan fingerprint density at radius 3 is 2.63 bits per heavy atom. The van der Waals surface area contributed by atoms with E-state index >= 15 is 0 Å². The van der Waals surface area contributed by atoms with Crippen molar-refractivity contribution in [2.75, 3.05) is 18.6 Å². The summed E-state index contributed by atoms with van der Waals surface area (Å²) in [4.78, 5) is 47.2. The fraction of sp³-hybridized carbons (Fsp3) is 0.238. The van der Waals surface area contributed by atoms with E-state index in [1.54, 1.807) is 19.1 Å². The fourth-order valence-electron chi connectivity index (χ4n) is 3.53. The third kappa shape index (κ3) is 5.34. The van der Waals surface area contributed by atoms with E-state index in [-0.39, 0.29) is 38.6 Å². The summed E-state index contributed by atoms with van der Waals surface area (Å²) in [6, 6.07) is 4.93. The molecule has 0 bridgehead atoms. The number of thioether (sulfide) groups is 1. The fourth-order valence-corrected chi connectivity index (χ4v) is 6.07. The van der Waals surface area contributed by atoms with Gasteiger partial charge in [0.1, 0.15) is 35.4 Å². The largest absolute Gasteiger partial charge is 0.477 e. The highest BCUT2D eigenvalue weighted by molar-refractivity contribution is 8.00. The quantitative estimate of drug-likeness (QED) is 0.122. The van der Waals surface area contributed by atoms with E-state index in [1.165, 1.54) is 37.1 Å². The molecule has 1 fully saturated rings. The number of fused-ring (bicyclic) bond motifs is 1. The molecule has 14 nitrogen and oxygen atoms in total. The van der Waals surface area contributed by atoms with Crippen LogP contribution in [0.1, 0.15) is 11.4 Å². The van der Waals surface area contributed by atoms with Crippen molar-refractivity contribution in [3.8, 4) is 0 Å². The molecule has 1 unspecified atom stereocenters. The molecular formula is C21H20N6O8S3. The van der Waals surface area contributed by atoms with E-state index in [9.17, 15) is 27.9 Å². The van der Waals surface area contributed by atoms with Gasteiger partial charge >= 0.3 is 16.1 Å². The number of aliphatic carboxylic acids is 1. The molecule has 0 saturated carbocycles. The van der Waals surface area contributed by atoms with Crippen molar-refractivity contribution in [2.24, 2.45) is 5.16 Å². The van der Waals surface area contributed by atoms with Gasteiger partial charge in [-0.05, 0) is 30.7 Å². The molecule has 2 amide bonds. The summed E-state index contributed by atoms with van der Waals surface area (Å²) in [5.74, 6) is -2.90. The average molecular weight is 581 g/mol. The number of aromatic nitrogens is 2. The molecule has 0 radical (unpaired) electrons. The lowest BCUT2D eigenvalue weighted by Crippen LogP contribution is -2.71. The minimum Gasteiger partial charge on any atom is -0.477 e. The molecule has 2 aliphatic heterocycles. The van der Waals surface area contributed by atoms with Crippen LogP contribution in [0, 0.1) is 6.92 Å². The highest BCUT2D eigenvalue weighted by Gasteiger charge is 2.54. The predicted octanol–water partition coefficient (Wildman–Crippen LogP) is 0.437. The van der Waals surface area contributed by atoms with Gasteiger partial charge in [0.2, 0.25) is 11.5 Å². The van der Waals surface area contributed by atoms with Gasteiger partial charge in [-0.1, -0.05) is 22.9 Å². The molecule has 2 aliphatic rings. The van der Waals surface area contributed by atoms with Crippen LogP contribution in [0.15, 0.2) is 57.9 Å². The van der Waals surface area contributed by atoms with Crippen LogP contribution in [0.5, 0.6) is 0 Å². The molecule has 38 heavy (non-hydrogen) atoms. The van der Waals surface area contributed by atoms with E-state index in [0.29, 0.717) is 0 Å². The zero-order valence-corrected chi connectivity index (χ0v) is 22.2. The number of carbonyl (C=O) groups excluding carboxylic acids is 2. The molecule has 200 valence electrons. The summed E-state index contributed by atoms with van der Waals surface area (Å²) in [7, 11) is -2.91. The number of rotatable bonds is 9. The number of carboxylic acid groups (broad SMARTS) is 1. The average Bonchev–Trinajstić information content (AvgIpc) is 3.30. The van der Waals surface area contributed by atoms with E-state index in [2.05, 4.69) is 24.7 Å². The van der Waals surface area contributed by atoms with Crippen LogP contribution in [0.3, 0.4) is 0 Å². The second kappa shape index (κ2) is 10.8. The normalized spacial score (nSPS) is 19.7. The first-order chi connectivity index (χ1) is 18.0. The number of anilines is 1. The Labute approximate surface area is 224 Å². The molecule has 4 rings (SSSR count). The standard InChI is InChI=1S/C21H20N6O8S3/c1-10-3-5-12(6-4-10)38(32,33)35-8-7-11-9-36-19-14(18(29)27(19)15(11)20(30)31)23-17(28)13(25-34-2)16-24-21(22)37-26-16/h3-8,14,19H,9H2,1-2H3,(H,23,28)(H,30,31)(H2,22,24,26)/t14?,19-/m1/s1. The number of benzene rings is 1. The summed E-state index contributed by atoms with van der Waals surface area (Å²) in [5.41, 5.74) is 5.92. The number of amides is 2. The zero-order chi connectivity index (χ0) is 27.6. The highest BCUT2D eigenvalue weighted by Crippen LogP contribution is 2.40. The maximum atomic E-state index is 12.9. The van der Waals surface area contributed by atoms with Crippen molar-refractivity contribution in [3.63, 3.8) is 0 Å². The van der Waals surface area contributed by atoms with Crippen molar-refractivity contribution in [1.29, 1.82) is 0 Å². The third-order valence-electron chi connectivity index (χ3n) is 5.30. The van der Waals surface area contributed by atoms with Gasteiger partial charge < -0.3 is 25.2 Å². The number of nitrogens with two attached hydrogens (primary N) is 1. The molecule has 1 aromatic heterocycles. The van der Waals surface area contributed by atoms with Gasteiger partial charge in [-0.3, -0.25) is 14.5 Å². The summed E-state index contributed by atoms with van der Waals surface area (Å²) >= 11 is 2.01. The number of nitrogen functional groups attached to an aromatic ring is 1. The molecule has 2 atom stereocenters. The SMILES string of the molecule is CON=C(C(=O)NC1C(=O)N2C(C(=O)O)=C(C=COS(=O)(=O)c3ccc(C)cc3)CS[C@H]12)c1nsc(N)n1. The Kier molecular flexibility index (Phi) is 7.70. The summed E-state index contributed by atoms with van der Waals surface area (Å²) in [6.45, 7) is 1.80. The first kappa shape index (κ1) is 27.1. The van der Waals surface area contributed by atoms with Crippen LogP contribution in [-0.2, 0) is 33.5 Å². The number of allylic oxidation sites excluding steroid dienone is 1. The Bertz CT molecular complexity index is 1480. The lowest BCUT2D eigenvalue weighted by molar-refractivity contribution is -0.150. The number of nitrogens with zero attached hydrogens (tertiary/aromatic N) is 4. The Balaban J connectivity index is 1.49. The summed E-state index contributed by atoms with van der Waals surface area (Å²) in [6.07, 6.45) is 2.04. The topological polar surface area (TPSA) is 203 Å². The van der Waals surface area contributed by atoms with Crippen LogP contribution in [0.4, 0.5) is 5.13 Å². The van der Waals surface area contributed by atoms with Gasteiger partial charge in [0.25, 0.3) is 11.8 Å². The molecular weight excluding hydrogens is 560 g/mol. The summed E-state index contributed by atoms with van der Waals surface area (Å²) in [5, 5.41) is 15.3. The number of hydrogen-bond donors (Lipinski definition) is 3. The Morgan fingerprint density at radius 2 is 2.03 bits per heavy atom. The Morgan fingerprint density at radius 1 is 1.32 bits per heavy atom. The van der Waals surface area contributed by atoms with Gasteiger partial charge in [0.05, 0.1) is 0 Å². The molecule has 17 heteroatoms. The second-order valence-corrected chi connectivity index (χ2v) is 11.2. The van der Waals surface area contributed by atoms with Gasteiger partial charge in [-0.2, -0.15) is 17.8 Å². The maximum Gasteiger partial charge on any atom is 0.352 e. The lowest BCUT2D eigenvalue weighted by Gasteiger charge is -2.49. The van der Waals surface area contributed by atoms with Crippen LogP contribution in [0.25, 0.3) is 0 Å². The third-order valence-corrected chi connectivity index (χ3v) is 8.36. The number of carbonyl (C=O) groups is 3. The highest BCUT2D eigenvalue weighted by atomic mass is 32.2. The predicted molar refractivity (Wildman–Crippen MR) is 136 cm³/mol. The Hall–Kier alpha value is -3.96. The maximum absolute atomic E-state index is 12.9. The molecule has 1 saturated heterocycles. The monoisotopic (exact) mass is 580 g/mol. The molecule has 3 heterocycles. The minimum atomic E-state index is -4.12. The first-order valence-corrected chi connectivity index (χ1v) is 13.9. The number of aryl methyl sites for hydroxylation is 1. The van der Waals surface area contributed by atoms with Crippen LogP contribution in [-0.4, -0.2) is 75.6 Å². The van der Waals surface area contributed by atoms with E-state index in [4.69, 9.17) is 9.92 Å². The molecule has 1 aromatic carbocycles. The molecule has 0 aliphatic carbocycles. The van der Waals surface area contributed by atoms with Crippen molar-refractivity contribution < 1.29 is 36.9 Å². The molecule has 0 spiro atoms. The van der Waals surface area contributed by atoms with Crippen molar-refractivity contribution in [3.05, 3.63) is 59.3 Å².